The quantitative estimate of drug-likeness (QED) is 0.348. The fourth-order valence-corrected chi connectivity index (χ4v) is 2.92. The first-order chi connectivity index (χ1) is 12.4. The molecule has 0 radical (unpaired) electrons. The van der Waals surface area contributed by atoms with Crippen molar-refractivity contribution in [2.45, 2.75) is 0 Å². The van der Waals surface area contributed by atoms with Crippen LogP contribution in [0.4, 0.5) is 10.1 Å². The summed E-state index contributed by atoms with van der Waals surface area (Å²) < 4.78 is 20.0. The average Bonchev–Trinajstić information content (AvgIpc) is 3.06. The van der Waals surface area contributed by atoms with E-state index < -0.39 is 10.9 Å². The lowest BCUT2D eigenvalue weighted by molar-refractivity contribution is -0.384. The summed E-state index contributed by atoms with van der Waals surface area (Å²) in [5.74, 6) is -1.03. The first-order valence-electron chi connectivity index (χ1n) is 7.41. The first-order valence-corrected chi connectivity index (χ1v) is 8.21. The van der Waals surface area contributed by atoms with Crippen LogP contribution in [-0.4, -0.2) is 22.6 Å². The molecule has 26 heavy (non-hydrogen) atoms. The number of rotatable bonds is 4. The normalized spacial score (nSPS) is 10.6. The minimum Gasteiger partial charge on any atom is -0.464 e. The number of nitro groups is 1. The Labute approximate surface area is 156 Å². The Kier molecular flexibility index (Phi) is 4.85. The van der Waals surface area contributed by atoms with Crippen LogP contribution in [0.15, 0.2) is 59.2 Å². The maximum Gasteiger partial charge on any atom is 0.355 e. The topological polar surface area (TPSA) is 74.4 Å². The lowest BCUT2D eigenvalue weighted by Gasteiger charge is -2.08. The summed E-state index contributed by atoms with van der Waals surface area (Å²) in [4.78, 5) is 23.1. The van der Waals surface area contributed by atoms with Gasteiger partial charge in [0.2, 0.25) is 0 Å². The summed E-state index contributed by atoms with van der Waals surface area (Å²) in [6.07, 6.45) is 1.58. The Balaban J connectivity index is 2.24. The van der Waals surface area contributed by atoms with Gasteiger partial charge in [-0.05, 0) is 35.9 Å². The average molecular weight is 419 g/mol. The Morgan fingerprint density at radius 3 is 2.46 bits per heavy atom. The van der Waals surface area contributed by atoms with Crippen LogP contribution >= 0.6 is 15.9 Å². The zero-order chi connectivity index (χ0) is 18.8. The number of ether oxygens (including phenoxy) is 1. The van der Waals surface area contributed by atoms with E-state index in [9.17, 15) is 19.3 Å². The molecule has 2 aromatic carbocycles. The summed E-state index contributed by atoms with van der Waals surface area (Å²) in [5.41, 5.74) is 1.42. The number of esters is 1. The van der Waals surface area contributed by atoms with Gasteiger partial charge in [-0.25, -0.2) is 9.18 Å². The monoisotopic (exact) mass is 418 g/mol. The highest BCUT2D eigenvalue weighted by Gasteiger charge is 2.22. The van der Waals surface area contributed by atoms with Crippen molar-refractivity contribution >= 4 is 27.6 Å². The Morgan fingerprint density at radius 1 is 1.15 bits per heavy atom. The Hall–Kier alpha value is -3.00. The van der Waals surface area contributed by atoms with Crippen LogP contribution in [0.1, 0.15) is 10.5 Å². The molecular weight excluding hydrogens is 407 g/mol. The molecule has 0 fully saturated rings. The number of nitrogens with zero attached hydrogens (tertiary/aromatic N) is 2. The molecule has 0 aliphatic rings. The molecule has 3 rings (SSSR count). The van der Waals surface area contributed by atoms with Crippen LogP contribution in [0.25, 0.3) is 16.8 Å². The van der Waals surface area contributed by atoms with E-state index in [0.29, 0.717) is 15.6 Å². The highest BCUT2D eigenvalue weighted by atomic mass is 79.9. The second-order valence-electron chi connectivity index (χ2n) is 5.37. The molecule has 0 atom stereocenters. The fraction of sp³-hybridized carbons (Fsp3) is 0.0556. The number of nitro benzene ring substituents is 1. The molecule has 0 aliphatic heterocycles. The first kappa shape index (κ1) is 17.8. The lowest BCUT2D eigenvalue weighted by Crippen LogP contribution is -2.09. The smallest absolute Gasteiger partial charge is 0.355 e. The summed E-state index contributed by atoms with van der Waals surface area (Å²) in [7, 11) is 1.23. The molecule has 1 aromatic heterocycles. The van der Waals surface area contributed by atoms with Crippen LogP contribution in [0.5, 0.6) is 0 Å². The second kappa shape index (κ2) is 7.09. The number of halogens is 2. The SMILES string of the molecule is COC(=O)c1cc(-c2ccc(F)cc2)cn1-c1cc(Br)ccc1[N+](=O)[O-]. The van der Waals surface area contributed by atoms with E-state index in [4.69, 9.17) is 4.74 Å². The lowest BCUT2D eigenvalue weighted by atomic mass is 10.1. The summed E-state index contributed by atoms with van der Waals surface area (Å²) in [5, 5.41) is 11.4. The van der Waals surface area contributed by atoms with Crippen molar-refractivity contribution in [1.82, 2.24) is 4.57 Å². The molecule has 0 unspecified atom stereocenters. The summed E-state index contributed by atoms with van der Waals surface area (Å²) >= 11 is 3.29. The van der Waals surface area contributed by atoms with Gasteiger partial charge in [0.05, 0.1) is 12.0 Å². The van der Waals surface area contributed by atoms with E-state index in [1.165, 1.54) is 29.9 Å². The second-order valence-corrected chi connectivity index (χ2v) is 6.29. The predicted octanol–water partition coefficient (Wildman–Crippen LogP) is 4.74. The van der Waals surface area contributed by atoms with Gasteiger partial charge >= 0.3 is 5.97 Å². The number of benzene rings is 2. The number of hydrogen-bond acceptors (Lipinski definition) is 4. The number of aromatic nitrogens is 1. The standard InChI is InChI=1S/C18H12BrFN2O4/c1-26-18(23)17-8-12(11-2-5-14(20)6-3-11)10-21(17)16-9-13(19)4-7-15(16)22(24)25/h2-10H,1H3. The van der Waals surface area contributed by atoms with Gasteiger partial charge in [-0.2, -0.15) is 0 Å². The van der Waals surface area contributed by atoms with Crippen LogP contribution < -0.4 is 0 Å². The van der Waals surface area contributed by atoms with Gasteiger partial charge in [0.15, 0.2) is 0 Å². The zero-order valence-electron chi connectivity index (χ0n) is 13.5. The third kappa shape index (κ3) is 3.36. The van der Waals surface area contributed by atoms with E-state index in [2.05, 4.69) is 15.9 Å². The molecule has 132 valence electrons. The highest BCUT2D eigenvalue weighted by molar-refractivity contribution is 9.10. The Bertz CT molecular complexity index is 999. The molecule has 0 aliphatic carbocycles. The minimum absolute atomic E-state index is 0.119. The van der Waals surface area contributed by atoms with Crippen LogP contribution in [0.3, 0.4) is 0 Å². The number of methoxy groups -OCH3 is 1. The molecule has 0 saturated carbocycles. The third-order valence-electron chi connectivity index (χ3n) is 3.79. The number of carbonyl (C=O) groups excluding carboxylic acids is 1. The molecular formula is C18H12BrFN2O4. The Morgan fingerprint density at radius 2 is 1.85 bits per heavy atom. The highest BCUT2D eigenvalue weighted by Crippen LogP contribution is 2.31. The van der Waals surface area contributed by atoms with Gasteiger partial charge in [-0.3, -0.25) is 10.1 Å². The van der Waals surface area contributed by atoms with E-state index in [1.54, 1.807) is 36.5 Å². The van der Waals surface area contributed by atoms with E-state index in [0.717, 1.165) is 0 Å². The molecule has 3 aromatic rings. The molecule has 0 amide bonds. The maximum atomic E-state index is 13.2. The molecule has 8 heteroatoms. The summed E-state index contributed by atoms with van der Waals surface area (Å²) in [6, 6.07) is 11.7. The summed E-state index contributed by atoms with van der Waals surface area (Å²) in [6.45, 7) is 0. The minimum atomic E-state index is -0.646. The maximum absolute atomic E-state index is 13.2. The van der Waals surface area contributed by atoms with Crippen molar-refractivity contribution in [2.24, 2.45) is 0 Å². The molecule has 0 spiro atoms. The number of hydrogen-bond donors (Lipinski definition) is 0. The van der Waals surface area contributed by atoms with Crippen LogP contribution in [0, 0.1) is 15.9 Å². The van der Waals surface area contributed by atoms with Gasteiger partial charge in [0.1, 0.15) is 17.2 Å². The van der Waals surface area contributed by atoms with Crippen molar-refractivity contribution in [1.29, 1.82) is 0 Å². The number of carbonyl (C=O) groups is 1. The van der Waals surface area contributed by atoms with Gasteiger partial charge in [0.25, 0.3) is 5.69 Å². The molecule has 0 N–H and O–H groups in total. The van der Waals surface area contributed by atoms with E-state index in [1.807, 2.05) is 0 Å². The largest absolute Gasteiger partial charge is 0.464 e. The predicted molar refractivity (Wildman–Crippen MR) is 96.9 cm³/mol. The molecule has 0 saturated heterocycles. The molecule has 0 bridgehead atoms. The van der Waals surface area contributed by atoms with Gasteiger partial charge < -0.3 is 9.30 Å². The molecule has 1 heterocycles. The van der Waals surface area contributed by atoms with Crippen molar-refractivity contribution in [3.8, 4) is 16.8 Å². The molecule has 6 nitrogen and oxygen atoms in total. The van der Waals surface area contributed by atoms with Crippen molar-refractivity contribution in [3.63, 3.8) is 0 Å². The van der Waals surface area contributed by atoms with Gasteiger partial charge in [0, 0.05) is 22.3 Å². The fourth-order valence-electron chi connectivity index (χ4n) is 2.57. The zero-order valence-corrected chi connectivity index (χ0v) is 15.1. The van der Waals surface area contributed by atoms with Crippen molar-refractivity contribution in [3.05, 3.63) is 80.8 Å². The van der Waals surface area contributed by atoms with Crippen molar-refractivity contribution < 1.29 is 18.8 Å². The third-order valence-corrected chi connectivity index (χ3v) is 4.28. The van der Waals surface area contributed by atoms with Crippen LogP contribution in [0.2, 0.25) is 0 Å². The van der Waals surface area contributed by atoms with E-state index >= 15 is 0 Å². The van der Waals surface area contributed by atoms with E-state index in [-0.39, 0.29) is 22.9 Å². The van der Waals surface area contributed by atoms with Crippen molar-refractivity contribution in [2.75, 3.05) is 7.11 Å². The van der Waals surface area contributed by atoms with Gasteiger partial charge in [-0.1, -0.05) is 28.1 Å². The van der Waals surface area contributed by atoms with Gasteiger partial charge in [-0.15, -0.1) is 0 Å². The van der Waals surface area contributed by atoms with Crippen LogP contribution in [-0.2, 0) is 4.74 Å².